The molecule has 0 spiro atoms. The van der Waals surface area contributed by atoms with Crippen LogP contribution in [-0.2, 0) is 28.6 Å². The number of carbonyl (C=O) groups excluding carboxylic acids is 3. The molecule has 0 amide bonds. The van der Waals surface area contributed by atoms with Crippen molar-refractivity contribution in [1.82, 2.24) is 0 Å². The quantitative estimate of drug-likeness (QED) is 0.442. The molecule has 7 nitrogen and oxygen atoms in total. The van der Waals surface area contributed by atoms with Crippen LogP contribution in [0.4, 0.5) is 0 Å². The summed E-state index contributed by atoms with van der Waals surface area (Å²) in [5.74, 6) is -3.50. The Morgan fingerprint density at radius 3 is 2.29 bits per heavy atom. The average molecular weight is 298 g/mol. The smallest absolute Gasteiger partial charge is 0.330 e. The number of rotatable bonds is 4. The molecular formula is C14H18O7. The molecule has 1 aliphatic carbocycles. The molecule has 116 valence electrons. The van der Waals surface area contributed by atoms with Gasteiger partial charge in [0.1, 0.15) is 0 Å². The maximum Gasteiger partial charge on any atom is 0.330 e. The second kappa shape index (κ2) is 7.58. The summed E-state index contributed by atoms with van der Waals surface area (Å²) in [6.07, 6.45) is 2.89. The Balaban J connectivity index is 3.07. The highest BCUT2D eigenvalue weighted by Crippen LogP contribution is 2.31. The highest BCUT2D eigenvalue weighted by molar-refractivity contribution is 5.85. The van der Waals surface area contributed by atoms with Gasteiger partial charge in [0.2, 0.25) is 0 Å². The van der Waals surface area contributed by atoms with Gasteiger partial charge in [0.25, 0.3) is 0 Å². The van der Waals surface area contributed by atoms with Crippen LogP contribution in [0, 0.1) is 11.8 Å². The average Bonchev–Trinajstić information content (AvgIpc) is 2.51. The number of hydrogen-bond donors (Lipinski definition) is 1. The van der Waals surface area contributed by atoms with Gasteiger partial charge in [-0.15, -0.1) is 0 Å². The fraction of sp³-hybridized carbons (Fsp3) is 0.500. The molecule has 0 fully saturated rings. The molecule has 7 heteroatoms. The molecule has 0 aromatic rings. The van der Waals surface area contributed by atoms with Gasteiger partial charge in [0, 0.05) is 6.08 Å². The minimum Gasteiger partial charge on any atom is -0.469 e. The molecule has 0 saturated heterocycles. The summed E-state index contributed by atoms with van der Waals surface area (Å²) in [5, 5.41) is 10.0. The summed E-state index contributed by atoms with van der Waals surface area (Å²) in [6, 6.07) is 0. The molecular weight excluding hydrogens is 280 g/mol. The number of aliphatic hydroxyl groups is 1. The van der Waals surface area contributed by atoms with Gasteiger partial charge >= 0.3 is 17.9 Å². The molecule has 0 saturated carbocycles. The summed E-state index contributed by atoms with van der Waals surface area (Å²) >= 11 is 0. The number of ether oxygens (including phenoxy) is 3. The first-order valence-electron chi connectivity index (χ1n) is 6.26. The predicted octanol–water partition coefficient (Wildman–Crippen LogP) is -0.0150. The van der Waals surface area contributed by atoms with Crippen LogP contribution in [0.15, 0.2) is 23.8 Å². The Hall–Kier alpha value is -2.15. The van der Waals surface area contributed by atoms with Crippen molar-refractivity contribution < 1.29 is 33.7 Å². The lowest BCUT2D eigenvalue weighted by Crippen LogP contribution is -2.37. The number of aliphatic hydroxyl groups excluding tert-OH is 1. The third-order valence-corrected chi connectivity index (χ3v) is 3.26. The Morgan fingerprint density at radius 1 is 1.14 bits per heavy atom. The summed E-state index contributed by atoms with van der Waals surface area (Å²) in [5.41, 5.74) is 0.343. The normalized spacial score (nSPS) is 25.1. The van der Waals surface area contributed by atoms with Crippen molar-refractivity contribution >= 4 is 17.9 Å². The van der Waals surface area contributed by atoms with E-state index in [2.05, 4.69) is 14.2 Å². The molecule has 0 aliphatic heterocycles. The van der Waals surface area contributed by atoms with Crippen LogP contribution in [0.3, 0.4) is 0 Å². The van der Waals surface area contributed by atoms with Crippen molar-refractivity contribution in [1.29, 1.82) is 0 Å². The van der Waals surface area contributed by atoms with Gasteiger partial charge in [0.15, 0.2) is 0 Å². The van der Waals surface area contributed by atoms with Gasteiger partial charge in [-0.05, 0) is 18.1 Å². The van der Waals surface area contributed by atoms with Gasteiger partial charge in [-0.3, -0.25) is 9.59 Å². The monoisotopic (exact) mass is 298 g/mol. The van der Waals surface area contributed by atoms with Gasteiger partial charge in [-0.25, -0.2) is 4.79 Å². The zero-order chi connectivity index (χ0) is 16.0. The molecule has 1 N–H and O–H groups in total. The van der Waals surface area contributed by atoms with Crippen molar-refractivity contribution in [2.24, 2.45) is 11.8 Å². The standard InChI is InChI=1S/C14H18O7/c1-19-12(16)5-4-8-6-9(13(17)20-2)10(7-11(8)15)14(18)21-3/h4-6,9-11,15H,7H2,1-3H3/b5-4+/t9-,10-,11-/m0/s1. The molecule has 1 rings (SSSR count). The van der Waals surface area contributed by atoms with Crippen molar-refractivity contribution in [3.05, 3.63) is 23.8 Å². The molecule has 0 aromatic carbocycles. The third kappa shape index (κ3) is 4.16. The van der Waals surface area contributed by atoms with E-state index in [9.17, 15) is 19.5 Å². The summed E-state index contributed by atoms with van der Waals surface area (Å²) in [7, 11) is 3.64. The maximum absolute atomic E-state index is 11.8. The van der Waals surface area contributed by atoms with E-state index in [1.165, 1.54) is 33.5 Å². The Kier molecular flexibility index (Phi) is 6.10. The Labute approximate surface area is 122 Å². The molecule has 1 aliphatic rings. The minimum atomic E-state index is -0.990. The van der Waals surface area contributed by atoms with Crippen molar-refractivity contribution in [2.45, 2.75) is 12.5 Å². The highest BCUT2D eigenvalue weighted by Gasteiger charge is 2.39. The van der Waals surface area contributed by atoms with E-state index in [0.717, 1.165) is 6.08 Å². The van der Waals surface area contributed by atoms with E-state index in [0.29, 0.717) is 5.57 Å². The van der Waals surface area contributed by atoms with Crippen molar-refractivity contribution in [2.75, 3.05) is 21.3 Å². The second-order valence-electron chi connectivity index (χ2n) is 4.45. The van der Waals surface area contributed by atoms with E-state index >= 15 is 0 Å². The fourth-order valence-corrected chi connectivity index (χ4v) is 2.12. The molecule has 21 heavy (non-hydrogen) atoms. The summed E-state index contributed by atoms with van der Waals surface area (Å²) in [4.78, 5) is 34.5. The summed E-state index contributed by atoms with van der Waals surface area (Å²) < 4.78 is 13.7. The van der Waals surface area contributed by atoms with Crippen LogP contribution in [-0.4, -0.2) is 50.4 Å². The van der Waals surface area contributed by atoms with Crippen LogP contribution in [0.25, 0.3) is 0 Å². The first-order chi connectivity index (χ1) is 9.94. The fourth-order valence-electron chi connectivity index (χ4n) is 2.12. The summed E-state index contributed by atoms with van der Waals surface area (Å²) in [6.45, 7) is 0. The lowest BCUT2D eigenvalue weighted by Gasteiger charge is -2.29. The van der Waals surface area contributed by atoms with E-state index in [1.807, 2.05) is 0 Å². The maximum atomic E-state index is 11.8. The SMILES string of the molecule is COC(=O)/C=C/C1=C[C@H](C(=O)OC)[C@@H](C(=O)OC)C[C@@H]1O. The molecule has 0 aromatic heterocycles. The second-order valence-corrected chi connectivity index (χ2v) is 4.45. The van der Waals surface area contributed by atoms with Crippen LogP contribution in [0.1, 0.15) is 6.42 Å². The molecule has 0 radical (unpaired) electrons. The van der Waals surface area contributed by atoms with Crippen LogP contribution >= 0.6 is 0 Å². The molecule has 3 atom stereocenters. The van der Waals surface area contributed by atoms with Crippen LogP contribution in [0.2, 0.25) is 0 Å². The third-order valence-electron chi connectivity index (χ3n) is 3.26. The minimum absolute atomic E-state index is 0.00376. The highest BCUT2D eigenvalue weighted by atomic mass is 16.5. The lowest BCUT2D eigenvalue weighted by atomic mass is 9.79. The van der Waals surface area contributed by atoms with Gasteiger partial charge in [-0.2, -0.15) is 0 Å². The topological polar surface area (TPSA) is 99.1 Å². The number of carbonyl (C=O) groups is 3. The molecule has 0 heterocycles. The first kappa shape index (κ1) is 16.9. The largest absolute Gasteiger partial charge is 0.469 e. The Morgan fingerprint density at radius 2 is 1.76 bits per heavy atom. The number of hydrogen-bond acceptors (Lipinski definition) is 7. The zero-order valence-corrected chi connectivity index (χ0v) is 12.1. The van der Waals surface area contributed by atoms with Crippen LogP contribution in [0.5, 0.6) is 0 Å². The number of methoxy groups -OCH3 is 3. The van der Waals surface area contributed by atoms with Crippen LogP contribution < -0.4 is 0 Å². The zero-order valence-electron chi connectivity index (χ0n) is 12.1. The van der Waals surface area contributed by atoms with E-state index in [-0.39, 0.29) is 6.42 Å². The van der Waals surface area contributed by atoms with Gasteiger partial charge < -0.3 is 19.3 Å². The number of esters is 3. The first-order valence-corrected chi connectivity index (χ1v) is 6.26. The van der Waals surface area contributed by atoms with Crippen molar-refractivity contribution in [3.8, 4) is 0 Å². The van der Waals surface area contributed by atoms with Crippen molar-refractivity contribution in [3.63, 3.8) is 0 Å². The van der Waals surface area contributed by atoms with Gasteiger partial charge in [0.05, 0.1) is 39.3 Å². The van der Waals surface area contributed by atoms with E-state index in [4.69, 9.17) is 0 Å². The van der Waals surface area contributed by atoms with Gasteiger partial charge in [-0.1, -0.05) is 6.08 Å². The Bertz CT molecular complexity index is 478. The molecule has 0 bridgehead atoms. The van der Waals surface area contributed by atoms with E-state index in [1.54, 1.807) is 0 Å². The predicted molar refractivity (Wildman–Crippen MR) is 70.9 cm³/mol. The van der Waals surface area contributed by atoms with E-state index < -0.39 is 35.8 Å². The molecule has 0 unspecified atom stereocenters. The lowest BCUT2D eigenvalue weighted by molar-refractivity contribution is -0.157.